The molecule has 19 heavy (non-hydrogen) atoms. The van der Waals surface area contributed by atoms with Gasteiger partial charge in [-0.2, -0.15) is 0 Å². The molecule has 0 spiro atoms. The fourth-order valence-electron chi connectivity index (χ4n) is 1.81. The Kier molecular flexibility index (Phi) is 3.71. The van der Waals surface area contributed by atoms with Crippen LogP contribution in [-0.4, -0.2) is 25.1 Å². The van der Waals surface area contributed by atoms with Crippen molar-refractivity contribution in [2.45, 2.75) is 12.5 Å². The molecular weight excluding hydrogens is 240 g/mol. The molecule has 0 bridgehead atoms. The first-order valence-electron chi connectivity index (χ1n) is 6.16. The van der Waals surface area contributed by atoms with Crippen LogP contribution < -0.4 is 15.8 Å². The first-order chi connectivity index (χ1) is 9.07. The molecule has 0 aliphatic carbocycles. The summed E-state index contributed by atoms with van der Waals surface area (Å²) >= 11 is 0. The van der Waals surface area contributed by atoms with Crippen LogP contribution in [0, 0.1) is 0 Å². The Morgan fingerprint density at radius 3 is 2.63 bits per heavy atom. The van der Waals surface area contributed by atoms with Gasteiger partial charge in [-0.1, -0.05) is 36.4 Å². The van der Waals surface area contributed by atoms with Crippen LogP contribution in [0.4, 0.5) is 0 Å². The third kappa shape index (κ3) is 2.69. The van der Waals surface area contributed by atoms with Crippen molar-refractivity contribution in [3.05, 3.63) is 42.5 Å². The van der Waals surface area contributed by atoms with E-state index in [0.717, 1.165) is 16.5 Å². The van der Waals surface area contributed by atoms with Crippen LogP contribution in [0.1, 0.15) is 6.92 Å². The van der Waals surface area contributed by atoms with Gasteiger partial charge in [-0.15, -0.1) is 0 Å². The number of amides is 1. The van der Waals surface area contributed by atoms with Gasteiger partial charge >= 0.3 is 0 Å². The van der Waals surface area contributed by atoms with Crippen molar-refractivity contribution in [2.75, 3.05) is 13.7 Å². The summed E-state index contributed by atoms with van der Waals surface area (Å²) in [4.78, 5) is 11.4. The van der Waals surface area contributed by atoms with Gasteiger partial charge in [0.1, 0.15) is 17.9 Å². The van der Waals surface area contributed by atoms with Gasteiger partial charge in [0.2, 0.25) is 5.91 Å². The molecule has 0 radical (unpaired) electrons. The lowest BCUT2D eigenvalue weighted by Gasteiger charge is -2.25. The normalized spacial score (nSPS) is 14.0. The molecule has 0 heterocycles. The zero-order valence-electron chi connectivity index (χ0n) is 11.1. The van der Waals surface area contributed by atoms with Crippen molar-refractivity contribution in [2.24, 2.45) is 5.73 Å². The first kappa shape index (κ1) is 13.4. The third-order valence-corrected chi connectivity index (χ3v) is 3.36. The summed E-state index contributed by atoms with van der Waals surface area (Å²) in [5.74, 6) is 0.316. The number of ether oxygens (including phenoxy) is 1. The fourth-order valence-corrected chi connectivity index (χ4v) is 1.81. The molecule has 4 heteroatoms. The highest BCUT2D eigenvalue weighted by Crippen LogP contribution is 2.25. The van der Waals surface area contributed by atoms with E-state index in [0.29, 0.717) is 0 Å². The van der Waals surface area contributed by atoms with Crippen molar-refractivity contribution in [1.82, 2.24) is 5.32 Å². The van der Waals surface area contributed by atoms with Gasteiger partial charge in [0, 0.05) is 5.39 Å². The van der Waals surface area contributed by atoms with Crippen molar-refractivity contribution in [3.63, 3.8) is 0 Å². The number of fused-ring (bicyclic) bond motifs is 1. The lowest BCUT2D eigenvalue weighted by Crippen LogP contribution is -2.55. The highest BCUT2D eigenvalue weighted by molar-refractivity contribution is 5.88. The Labute approximate surface area is 112 Å². The lowest BCUT2D eigenvalue weighted by atomic mass is 10.0. The molecule has 1 unspecified atom stereocenters. The van der Waals surface area contributed by atoms with Gasteiger partial charge in [-0.25, -0.2) is 0 Å². The summed E-state index contributed by atoms with van der Waals surface area (Å²) in [5, 5.41) is 5.02. The minimum atomic E-state index is -0.878. The van der Waals surface area contributed by atoms with Crippen molar-refractivity contribution in [1.29, 1.82) is 0 Å². The monoisotopic (exact) mass is 258 g/mol. The fraction of sp³-hybridized carbons (Fsp3) is 0.267. The Bertz CT molecular complexity index is 592. The topological polar surface area (TPSA) is 64.3 Å². The second-order valence-electron chi connectivity index (χ2n) is 4.71. The number of carbonyl (C=O) groups excluding carboxylic acids is 1. The Morgan fingerprint density at radius 1 is 1.26 bits per heavy atom. The number of hydrogen-bond acceptors (Lipinski definition) is 3. The van der Waals surface area contributed by atoms with E-state index in [4.69, 9.17) is 10.5 Å². The molecule has 0 saturated carbocycles. The van der Waals surface area contributed by atoms with E-state index in [1.807, 2.05) is 42.5 Å². The summed E-state index contributed by atoms with van der Waals surface area (Å²) in [6.07, 6.45) is 0. The van der Waals surface area contributed by atoms with Crippen LogP contribution in [0.3, 0.4) is 0 Å². The standard InChI is InChI=1S/C15H18N2O2/c1-15(17-2,14(16)18)10-19-13-9-5-7-11-6-3-4-8-12(11)13/h3-9,17H,10H2,1-2H3,(H2,16,18). The van der Waals surface area contributed by atoms with Crippen LogP contribution in [-0.2, 0) is 4.79 Å². The van der Waals surface area contributed by atoms with Gasteiger partial charge in [-0.3, -0.25) is 4.79 Å². The summed E-state index contributed by atoms with van der Waals surface area (Å²) in [6.45, 7) is 1.91. The predicted octanol–water partition coefficient (Wildman–Crippen LogP) is 1.68. The molecule has 2 rings (SSSR count). The second kappa shape index (κ2) is 5.28. The van der Waals surface area contributed by atoms with Gasteiger partial charge in [-0.05, 0) is 25.4 Å². The number of carbonyl (C=O) groups is 1. The van der Waals surface area contributed by atoms with E-state index in [-0.39, 0.29) is 6.61 Å². The average molecular weight is 258 g/mol. The summed E-state index contributed by atoms with van der Waals surface area (Å²) in [6, 6.07) is 13.8. The number of nitrogens with two attached hydrogens (primary N) is 1. The maximum atomic E-state index is 11.4. The molecular formula is C15H18N2O2. The quantitative estimate of drug-likeness (QED) is 0.857. The third-order valence-electron chi connectivity index (χ3n) is 3.36. The maximum Gasteiger partial charge on any atom is 0.240 e. The summed E-state index contributed by atoms with van der Waals surface area (Å²) in [5.41, 5.74) is 4.50. The first-order valence-corrected chi connectivity index (χ1v) is 6.16. The molecule has 1 atom stereocenters. The van der Waals surface area contributed by atoms with Crippen LogP contribution in [0.2, 0.25) is 0 Å². The minimum absolute atomic E-state index is 0.187. The number of hydrogen-bond donors (Lipinski definition) is 2. The van der Waals surface area contributed by atoms with Crippen molar-refractivity contribution in [3.8, 4) is 5.75 Å². The van der Waals surface area contributed by atoms with E-state index >= 15 is 0 Å². The number of likely N-dealkylation sites (N-methyl/N-ethyl adjacent to an activating group) is 1. The lowest BCUT2D eigenvalue weighted by molar-refractivity contribution is -0.124. The largest absolute Gasteiger partial charge is 0.490 e. The van der Waals surface area contributed by atoms with Gasteiger partial charge < -0.3 is 15.8 Å². The Hall–Kier alpha value is -2.07. The average Bonchev–Trinajstić information content (AvgIpc) is 2.44. The van der Waals surface area contributed by atoms with Crippen LogP contribution in [0.5, 0.6) is 5.75 Å². The number of benzene rings is 2. The SMILES string of the molecule is CNC(C)(COc1cccc2ccccc12)C(N)=O. The Morgan fingerprint density at radius 2 is 1.95 bits per heavy atom. The molecule has 1 amide bonds. The molecule has 0 saturated heterocycles. The van der Waals surface area contributed by atoms with E-state index in [1.165, 1.54) is 0 Å². The molecule has 0 aliphatic rings. The van der Waals surface area contributed by atoms with Gasteiger partial charge in [0.15, 0.2) is 0 Å². The summed E-state index contributed by atoms with van der Waals surface area (Å²) in [7, 11) is 1.69. The van der Waals surface area contributed by atoms with E-state index < -0.39 is 11.4 Å². The number of nitrogens with one attached hydrogen (secondary N) is 1. The Balaban J connectivity index is 2.25. The molecule has 0 fully saturated rings. The van der Waals surface area contributed by atoms with Gasteiger partial charge in [0.05, 0.1) is 0 Å². The molecule has 0 aromatic heterocycles. The highest BCUT2D eigenvalue weighted by Gasteiger charge is 2.30. The number of rotatable bonds is 5. The predicted molar refractivity (Wildman–Crippen MR) is 76.1 cm³/mol. The van der Waals surface area contributed by atoms with E-state index in [9.17, 15) is 4.79 Å². The molecule has 100 valence electrons. The maximum absolute atomic E-state index is 11.4. The number of primary amides is 1. The summed E-state index contributed by atoms with van der Waals surface area (Å²) < 4.78 is 5.77. The molecule has 4 nitrogen and oxygen atoms in total. The molecule has 2 aromatic carbocycles. The highest BCUT2D eigenvalue weighted by atomic mass is 16.5. The smallest absolute Gasteiger partial charge is 0.240 e. The van der Waals surface area contributed by atoms with Crippen LogP contribution >= 0.6 is 0 Å². The molecule has 0 aliphatic heterocycles. The second-order valence-corrected chi connectivity index (χ2v) is 4.71. The molecule has 3 N–H and O–H groups in total. The van der Waals surface area contributed by atoms with E-state index in [2.05, 4.69) is 5.32 Å². The molecule has 2 aromatic rings. The van der Waals surface area contributed by atoms with Crippen LogP contribution in [0.25, 0.3) is 10.8 Å². The van der Waals surface area contributed by atoms with Crippen molar-refractivity contribution >= 4 is 16.7 Å². The van der Waals surface area contributed by atoms with E-state index in [1.54, 1.807) is 14.0 Å². The van der Waals surface area contributed by atoms with Crippen LogP contribution in [0.15, 0.2) is 42.5 Å². The van der Waals surface area contributed by atoms with Gasteiger partial charge in [0.25, 0.3) is 0 Å². The zero-order valence-corrected chi connectivity index (χ0v) is 11.1. The minimum Gasteiger partial charge on any atom is -0.490 e. The van der Waals surface area contributed by atoms with Crippen molar-refractivity contribution < 1.29 is 9.53 Å². The zero-order chi connectivity index (χ0) is 13.9.